The number of rotatable bonds is 3. The molecule has 0 saturated carbocycles. The third kappa shape index (κ3) is 4.23. The average molecular weight is 408 g/mol. The van der Waals surface area contributed by atoms with Crippen molar-refractivity contribution in [1.29, 1.82) is 0 Å². The van der Waals surface area contributed by atoms with Gasteiger partial charge in [-0.15, -0.1) is 0 Å². The van der Waals surface area contributed by atoms with Crippen molar-refractivity contribution in [2.24, 2.45) is 0 Å². The standard InChI is InChI=1S/C30H33N/c1-29(2,3)25-20-24(22-14-9-7-10-15-22)21-26(30(4,5)6)28(25)31-19-13-18-27(31)23-16-11-8-12-17-23/h7-21H,1-6H3. The van der Waals surface area contributed by atoms with Gasteiger partial charge in [0, 0.05) is 6.20 Å². The molecule has 0 aliphatic heterocycles. The second kappa shape index (κ2) is 7.89. The molecule has 1 nitrogen and oxygen atoms in total. The van der Waals surface area contributed by atoms with Crippen LogP contribution in [0.15, 0.2) is 91.1 Å². The maximum atomic E-state index is 2.40. The van der Waals surface area contributed by atoms with Crippen molar-refractivity contribution in [3.63, 3.8) is 0 Å². The van der Waals surface area contributed by atoms with E-state index < -0.39 is 0 Å². The Morgan fingerprint density at radius 3 is 1.48 bits per heavy atom. The van der Waals surface area contributed by atoms with E-state index in [1.807, 2.05) is 0 Å². The Morgan fingerprint density at radius 1 is 0.516 bits per heavy atom. The van der Waals surface area contributed by atoms with Gasteiger partial charge in [0.1, 0.15) is 0 Å². The highest BCUT2D eigenvalue weighted by molar-refractivity contribution is 5.73. The van der Waals surface area contributed by atoms with E-state index in [4.69, 9.17) is 0 Å². The predicted octanol–water partition coefficient (Wildman–Crippen LogP) is 8.41. The zero-order chi connectivity index (χ0) is 22.2. The molecule has 0 aliphatic carbocycles. The van der Waals surface area contributed by atoms with Crippen molar-refractivity contribution in [2.45, 2.75) is 52.4 Å². The summed E-state index contributed by atoms with van der Waals surface area (Å²) in [5.41, 5.74) is 9.05. The lowest BCUT2D eigenvalue weighted by atomic mass is 9.76. The third-order valence-electron chi connectivity index (χ3n) is 5.89. The first-order valence-electron chi connectivity index (χ1n) is 11.1. The van der Waals surface area contributed by atoms with Crippen LogP contribution < -0.4 is 0 Å². The van der Waals surface area contributed by atoms with E-state index in [0.717, 1.165) is 0 Å². The van der Waals surface area contributed by atoms with E-state index in [0.29, 0.717) is 0 Å². The maximum absolute atomic E-state index is 2.40. The SMILES string of the molecule is CC(C)(C)c1cc(-c2ccccc2)cc(C(C)(C)C)c1-n1cccc1-c1ccccc1. The Hall–Kier alpha value is -3.06. The molecule has 0 amide bonds. The maximum Gasteiger partial charge on any atom is 0.0530 e. The molecular weight excluding hydrogens is 374 g/mol. The molecule has 0 atom stereocenters. The lowest BCUT2D eigenvalue weighted by Crippen LogP contribution is -2.22. The Kier molecular flexibility index (Phi) is 5.39. The zero-order valence-corrected chi connectivity index (χ0v) is 19.6. The van der Waals surface area contributed by atoms with E-state index in [9.17, 15) is 0 Å². The van der Waals surface area contributed by atoms with Crippen LogP contribution in [-0.4, -0.2) is 4.57 Å². The summed E-state index contributed by atoms with van der Waals surface area (Å²) < 4.78 is 2.39. The minimum atomic E-state index is -0.00164. The van der Waals surface area contributed by atoms with Crippen molar-refractivity contribution in [1.82, 2.24) is 4.57 Å². The summed E-state index contributed by atoms with van der Waals surface area (Å²) in [5.74, 6) is 0. The number of aromatic nitrogens is 1. The molecular formula is C30H33N. The van der Waals surface area contributed by atoms with Crippen LogP contribution in [-0.2, 0) is 10.8 Å². The highest BCUT2D eigenvalue weighted by atomic mass is 15.0. The van der Waals surface area contributed by atoms with Gasteiger partial charge in [0.05, 0.1) is 11.4 Å². The van der Waals surface area contributed by atoms with Crippen LogP contribution in [0.25, 0.3) is 28.1 Å². The Bertz CT molecular complexity index is 1130. The summed E-state index contributed by atoms with van der Waals surface area (Å²) >= 11 is 0. The molecule has 0 saturated heterocycles. The lowest BCUT2D eigenvalue weighted by molar-refractivity contribution is 0.562. The topological polar surface area (TPSA) is 4.93 Å². The Morgan fingerprint density at radius 2 is 1.00 bits per heavy atom. The van der Waals surface area contributed by atoms with Gasteiger partial charge in [0.15, 0.2) is 0 Å². The van der Waals surface area contributed by atoms with Crippen LogP contribution in [0.3, 0.4) is 0 Å². The van der Waals surface area contributed by atoms with E-state index in [1.54, 1.807) is 0 Å². The van der Waals surface area contributed by atoms with Gasteiger partial charge in [0.25, 0.3) is 0 Å². The van der Waals surface area contributed by atoms with E-state index >= 15 is 0 Å². The van der Waals surface area contributed by atoms with E-state index in [2.05, 4.69) is 137 Å². The fourth-order valence-electron chi connectivity index (χ4n) is 4.25. The fourth-order valence-corrected chi connectivity index (χ4v) is 4.25. The monoisotopic (exact) mass is 407 g/mol. The van der Waals surface area contributed by atoms with Gasteiger partial charge in [-0.05, 0) is 62.9 Å². The lowest BCUT2D eigenvalue weighted by Gasteiger charge is -2.32. The van der Waals surface area contributed by atoms with E-state index in [-0.39, 0.29) is 10.8 Å². The molecule has 0 bridgehead atoms. The number of hydrogen-bond acceptors (Lipinski definition) is 0. The molecule has 158 valence electrons. The molecule has 1 heterocycles. The Labute approximate surface area is 187 Å². The number of nitrogens with zero attached hydrogens (tertiary/aromatic N) is 1. The molecule has 0 fully saturated rings. The molecule has 0 N–H and O–H groups in total. The van der Waals surface area contributed by atoms with Crippen molar-refractivity contribution >= 4 is 0 Å². The first kappa shape index (κ1) is 21.2. The van der Waals surface area contributed by atoms with Crippen LogP contribution >= 0.6 is 0 Å². The second-order valence-electron chi connectivity index (χ2n) is 10.4. The van der Waals surface area contributed by atoms with Crippen molar-refractivity contribution in [2.75, 3.05) is 0 Å². The Balaban J connectivity index is 2.06. The summed E-state index contributed by atoms with van der Waals surface area (Å²) in [4.78, 5) is 0. The van der Waals surface area contributed by atoms with Gasteiger partial charge in [-0.3, -0.25) is 0 Å². The quantitative estimate of drug-likeness (QED) is 0.321. The van der Waals surface area contributed by atoms with Crippen LogP contribution in [0.2, 0.25) is 0 Å². The molecule has 1 aromatic heterocycles. The molecule has 0 aliphatic rings. The van der Waals surface area contributed by atoms with Crippen LogP contribution in [0.1, 0.15) is 52.7 Å². The smallest absolute Gasteiger partial charge is 0.0530 e. The largest absolute Gasteiger partial charge is 0.316 e. The molecule has 4 aromatic rings. The number of hydrogen-bond donors (Lipinski definition) is 0. The fraction of sp³-hybridized carbons (Fsp3) is 0.267. The molecule has 0 unspecified atom stereocenters. The third-order valence-corrected chi connectivity index (χ3v) is 5.89. The minimum absolute atomic E-state index is 0.00164. The van der Waals surface area contributed by atoms with Crippen LogP contribution in [0, 0.1) is 0 Å². The zero-order valence-electron chi connectivity index (χ0n) is 19.6. The number of benzene rings is 3. The summed E-state index contributed by atoms with van der Waals surface area (Å²) in [6.07, 6.45) is 2.21. The normalized spacial score (nSPS) is 12.2. The average Bonchev–Trinajstić information content (AvgIpc) is 3.22. The van der Waals surface area contributed by atoms with Gasteiger partial charge in [0.2, 0.25) is 0 Å². The first-order chi connectivity index (χ1) is 14.7. The summed E-state index contributed by atoms with van der Waals surface area (Å²) in [5, 5.41) is 0. The van der Waals surface area contributed by atoms with Crippen molar-refractivity contribution < 1.29 is 0 Å². The predicted molar refractivity (Wildman–Crippen MR) is 134 cm³/mol. The van der Waals surface area contributed by atoms with Crippen LogP contribution in [0.5, 0.6) is 0 Å². The minimum Gasteiger partial charge on any atom is -0.316 e. The van der Waals surface area contributed by atoms with Gasteiger partial charge >= 0.3 is 0 Å². The molecule has 31 heavy (non-hydrogen) atoms. The van der Waals surface area contributed by atoms with E-state index in [1.165, 1.54) is 39.2 Å². The summed E-state index contributed by atoms with van der Waals surface area (Å²) in [7, 11) is 0. The van der Waals surface area contributed by atoms with Gasteiger partial charge in [-0.2, -0.15) is 0 Å². The van der Waals surface area contributed by atoms with Gasteiger partial charge < -0.3 is 4.57 Å². The molecule has 1 heteroatoms. The van der Waals surface area contributed by atoms with Gasteiger partial charge in [-0.1, -0.05) is 102 Å². The van der Waals surface area contributed by atoms with Crippen molar-refractivity contribution in [3.05, 3.63) is 102 Å². The summed E-state index contributed by atoms with van der Waals surface area (Å²) in [6.45, 7) is 13.9. The highest BCUT2D eigenvalue weighted by Crippen LogP contribution is 2.41. The first-order valence-corrected chi connectivity index (χ1v) is 11.1. The second-order valence-corrected chi connectivity index (χ2v) is 10.4. The molecule has 4 rings (SSSR count). The molecule has 0 radical (unpaired) electrons. The molecule has 3 aromatic carbocycles. The molecule has 0 spiro atoms. The summed E-state index contributed by atoms with van der Waals surface area (Å²) in [6, 6.07) is 30.6. The van der Waals surface area contributed by atoms with Crippen molar-refractivity contribution in [3.8, 4) is 28.1 Å². The van der Waals surface area contributed by atoms with Crippen LogP contribution in [0.4, 0.5) is 0 Å². The van der Waals surface area contributed by atoms with Gasteiger partial charge in [-0.25, -0.2) is 0 Å². The highest BCUT2D eigenvalue weighted by Gasteiger charge is 2.28.